The van der Waals surface area contributed by atoms with Crippen LogP contribution in [-0.2, 0) is 19.4 Å². The highest BCUT2D eigenvalue weighted by Crippen LogP contribution is 2.27. The third-order valence-electron chi connectivity index (χ3n) is 4.13. The number of nitrogens with zero attached hydrogens (tertiary/aromatic N) is 2. The van der Waals surface area contributed by atoms with Gasteiger partial charge in [-0.25, -0.2) is 4.99 Å². The summed E-state index contributed by atoms with van der Waals surface area (Å²) >= 11 is 0. The zero-order valence-electron chi connectivity index (χ0n) is 13.4. The molecule has 3 N–H and O–H groups in total. The van der Waals surface area contributed by atoms with Crippen molar-refractivity contribution in [1.29, 1.82) is 0 Å². The largest absolute Gasteiger partial charge is 0.495 e. The zero-order valence-corrected chi connectivity index (χ0v) is 13.4. The molecule has 5 heteroatoms. The Morgan fingerprint density at radius 2 is 2.13 bits per heavy atom. The molecule has 1 aliphatic rings. The average molecular weight is 310 g/mol. The minimum absolute atomic E-state index is 0.387. The maximum absolute atomic E-state index is 6.05. The number of rotatable bonds is 4. The van der Waals surface area contributed by atoms with Gasteiger partial charge in [0, 0.05) is 11.9 Å². The number of aryl methyl sites for hydroxylation is 1. The van der Waals surface area contributed by atoms with Gasteiger partial charge in [-0.15, -0.1) is 0 Å². The Morgan fingerprint density at radius 1 is 1.26 bits per heavy atom. The number of nitrogens with two attached hydrogens (primary N) is 1. The molecule has 0 unspecified atom stereocenters. The number of aliphatic imine (C=N–C) groups is 1. The van der Waals surface area contributed by atoms with Crippen molar-refractivity contribution in [2.24, 2.45) is 10.7 Å². The zero-order chi connectivity index (χ0) is 16.1. The van der Waals surface area contributed by atoms with Crippen LogP contribution < -0.4 is 15.8 Å². The van der Waals surface area contributed by atoms with Gasteiger partial charge in [-0.05, 0) is 55.0 Å². The average Bonchev–Trinajstić information content (AvgIpc) is 2.60. The van der Waals surface area contributed by atoms with Gasteiger partial charge in [-0.1, -0.05) is 12.1 Å². The van der Waals surface area contributed by atoms with E-state index in [1.54, 1.807) is 13.3 Å². The summed E-state index contributed by atoms with van der Waals surface area (Å²) < 4.78 is 5.28. The molecule has 3 rings (SSSR count). The Balaban J connectivity index is 1.73. The fourth-order valence-electron chi connectivity index (χ4n) is 2.96. The number of guanidine groups is 1. The summed E-state index contributed by atoms with van der Waals surface area (Å²) in [5, 5.41) is 3.24. The van der Waals surface area contributed by atoms with Gasteiger partial charge < -0.3 is 15.8 Å². The smallest absolute Gasteiger partial charge is 0.193 e. The van der Waals surface area contributed by atoms with E-state index >= 15 is 0 Å². The predicted octanol–water partition coefficient (Wildman–Crippen LogP) is 2.90. The minimum Gasteiger partial charge on any atom is -0.495 e. The van der Waals surface area contributed by atoms with Crippen molar-refractivity contribution in [3.8, 4) is 5.75 Å². The first kappa shape index (κ1) is 15.3. The number of hydrogen-bond donors (Lipinski definition) is 2. The van der Waals surface area contributed by atoms with Crippen LogP contribution in [0, 0.1) is 0 Å². The SMILES string of the molecule is COc1cccnc1CN=C(N)Nc1cccc2c1CCCC2. The third-order valence-corrected chi connectivity index (χ3v) is 4.13. The van der Waals surface area contributed by atoms with Gasteiger partial charge in [0.15, 0.2) is 5.96 Å². The molecule has 0 aliphatic heterocycles. The fourth-order valence-corrected chi connectivity index (χ4v) is 2.96. The second-order valence-electron chi connectivity index (χ2n) is 5.63. The normalized spacial score (nSPS) is 14.2. The molecular weight excluding hydrogens is 288 g/mol. The van der Waals surface area contributed by atoms with E-state index < -0.39 is 0 Å². The lowest BCUT2D eigenvalue weighted by atomic mass is 9.90. The number of aromatic nitrogens is 1. The molecule has 1 heterocycles. The van der Waals surface area contributed by atoms with Crippen LogP contribution in [0.3, 0.4) is 0 Å². The van der Waals surface area contributed by atoms with Crippen molar-refractivity contribution >= 4 is 11.6 Å². The number of benzene rings is 1. The van der Waals surface area contributed by atoms with E-state index in [0.29, 0.717) is 12.5 Å². The van der Waals surface area contributed by atoms with Crippen LogP contribution in [0.5, 0.6) is 5.75 Å². The number of methoxy groups -OCH3 is 1. The van der Waals surface area contributed by atoms with Crippen molar-refractivity contribution in [3.05, 3.63) is 53.3 Å². The van der Waals surface area contributed by atoms with E-state index in [2.05, 4.69) is 33.5 Å². The summed E-state index contributed by atoms with van der Waals surface area (Å²) in [5.41, 5.74) is 10.7. The molecular formula is C18H22N4O. The molecule has 2 aromatic rings. The van der Waals surface area contributed by atoms with Gasteiger partial charge >= 0.3 is 0 Å². The molecule has 120 valence electrons. The van der Waals surface area contributed by atoms with Crippen molar-refractivity contribution in [1.82, 2.24) is 4.98 Å². The van der Waals surface area contributed by atoms with E-state index in [1.807, 2.05) is 12.1 Å². The van der Waals surface area contributed by atoms with Gasteiger partial charge in [0.05, 0.1) is 13.7 Å². The van der Waals surface area contributed by atoms with Crippen molar-refractivity contribution in [3.63, 3.8) is 0 Å². The Hall–Kier alpha value is -2.56. The lowest BCUT2D eigenvalue weighted by molar-refractivity contribution is 0.407. The van der Waals surface area contributed by atoms with E-state index in [4.69, 9.17) is 10.5 Å². The molecule has 0 amide bonds. The standard InChI is InChI=1S/C18H22N4O/c1-23-17-10-5-11-20-16(17)12-21-18(19)22-15-9-4-7-13-6-2-3-8-14(13)15/h4-5,7,9-11H,2-3,6,8,12H2,1H3,(H3,19,21,22). The maximum Gasteiger partial charge on any atom is 0.193 e. The number of fused-ring (bicyclic) bond motifs is 1. The van der Waals surface area contributed by atoms with Crippen molar-refractivity contribution in [2.45, 2.75) is 32.2 Å². The van der Waals surface area contributed by atoms with Gasteiger partial charge in [0.25, 0.3) is 0 Å². The monoisotopic (exact) mass is 310 g/mol. The highest BCUT2D eigenvalue weighted by molar-refractivity contribution is 5.93. The molecule has 0 atom stereocenters. The molecule has 1 aliphatic carbocycles. The summed E-state index contributed by atoms with van der Waals surface area (Å²) in [6, 6.07) is 10.0. The van der Waals surface area contributed by atoms with Gasteiger partial charge in [-0.3, -0.25) is 4.98 Å². The summed E-state index contributed by atoms with van der Waals surface area (Å²) in [4.78, 5) is 8.67. The number of hydrogen-bond acceptors (Lipinski definition) is 3. The first-order chi connectivity index (χ1) is 11.3. The second kappa shape index (κ2) is 7.13. The molecule has 0 spiro atoms. The Kier molecular flexibility index (Phi) is 4.76. The molecule has 0 saturated heterocycles. The Bertz CT molecular complexity index is 712. The van der Waals surface area contributed by atoms with Gasteiger partial charge in [0.2, 0.25) is 0 Å². The van der Waals surface area contributed by atoms with E-state index in [1.165, 1.54) is 24.0 Å². The summed E-state index contributed by atoms with van der Waals surface area (Å²) in [6.07, 6.45) is 6.46. The van der Waals surface area contributed by atoms with Crippen LogP contribution >= 0.6 is 0 Å². The first-order valence-corrected chi connectivity index (χ1v) is 7.93. The van der Waals surface area contributed by atoms with Gasteiger partial charge in [0.1, 0.15) is 11.4 Å². The van der Waals surface area contributed by atoms with Crippen LogP contribution in [0.2, 0.25) is 0 Å². The molecule has 0 bridgehead atoms. The van der Waals surface area contributed by atoms with Crippen molar-refractivity contribution < 1.29 is 4.74 Å². The highest BCUT2D eigenvalue weighted by atomic mass is 16.5. The van der Waals surface area contributed by atoms with E-state index in [9.17, 15) is 0 Å². The van der Waals surface area contributed by atoms with Crippen LogP contribution in [0.25, 0.3) is 0 Å². The van der Waals surface area contributed by atoms with Crippen molar-refractivity contribution in [2.75, 3.05) is 12.4 Å². The summed E-state index contributed by atoms with van der Waals surface area (Å²) in [7, 11) is 1.63. The van der Waals surface area contributed by atoms with Crippen LogP contribution in [-0.4, -0.2) is 18.1 Å². The molecule has 0 radical (unpaired) electrons. The second-order valence-corrected chi connectivity index (χ2v) is 5.63. The van der Waals surface area contributed by atoms with E-state index in [0.717, 1.165) is 30.0 Å². The lowest BCUT2D eigenvalue weighted by Gasteiger charge is -2.19. The lowest BCUT2D eigenvalue weighted by Crippen LogP contribution is -2.24. The number of nitrogens with one attached hydrogen (secondary N) is 1. The molecule has 0 fully saturated rings. The molecule has 0 saturated carbocycles. The van der Waals surface area contributed by atoms with Crippen LogP contribution in [0.15, 0.2) is 41.5 Å². The van der Waals surface area contributed by atoms with Crippen LogP contribution in [0.1, 0.15) is 29.7 Å². The van der Waals surface area contributed by atoms with Gasteiger partial charge in [-0.2, -0.15) is 0 Å². The molecule has 23 heavy (non-hydrogen) atoms. The fraction of sp³-hybridized carbons (Fsp3) is 0.333. The summed E-state index contributed by atoms with van der Waals surface area (Å²) in [5.74, 6) is 1.12. The number of anilines is 1. The summed E-state index contributed by atoms with van der Waals surface area (Å²) in [6.45, 7) is 0.387. The Morgan fingerprint density at radius 3 is 3.00 bits per heavy atom. The first-order valence-electron chi connectivity index (χ1n) is 7.93. The Labute approximate surface area is 136 Å². The highest BCUT2D eigenvalue weighted by Gasteiger charge is 2.13. The molecule has 5 nitrogen and oxygen atoms in total. The van der Waals surface area contributed by atoms with E-state index in [-0.39, 0.29) is 0 Å². The number of ether oxygens (including phenoxy) is 1. The minimum atomic E-state index is 0.387. The van der Waals surface area contributed by atoms with Crippen LogP contribution in [0.4, 0.5) is 5.69 Å². The number of pyridine rings is 1. The molecule has 1 aromatic heterocycles. The predicted molar refractivity (Wildman–Crippen MR) is 92.8 cm³/mol. The quantitative estimate of drug-likeness (QED) is 0.673. The third kappa shape index (κ3) is 3.62. The maximum atomic E-state index is 6.05. The molecule has 1 aromatic carbocycles. The topological polar surface area (TPSA) is 72.5 Å².